The Balaban J connectivity index is 2.89. The van der Waals surface area contributed by atoms with Gasteiger partial charge in [-0.05, 0) is 12.8 Å². The summed E-state index contributed by atoms with van der Waals surface area (Å²) in [5.74, 6) is 1.04. The predicted molar refractivity (Wildman–Crippen MR) is 57.6 cm³/mol. The lowest BCUT2D eigenvalue weighted by atomic mass is 10.2. The highest BCUT2D eigenvalue weighted by atomic mass is 16.1. The first-order chi connectivity index (χ1) is 6.65. The van der Waals surface area contributed by atoms with Crippen LogP contribution in [0.15, 0.2) is 17.2 Å². The lowest BCUT2D eigenvalue weighted by molar-refractivity contribution is 0.612. The fraction of sp³-hybridized carbons (Fsp3) is 0.600. The maximum Gasteiger partial charge on any atom is 0.290 e. The molecule has 0 aliphatic heterocycles. The van der Waals surface area contributed by atoms with E-state index in [2.05, 4.69) is 23.8 Å². The molecule has 78 valence electrons. The fourth-order valence-corrected chi connectivity index (χ4v) is 1.38. The van der Waals surface area contributed by atoms with E-state index in [9.17, 15) is 4.79 Å². The predicted octanol–water partition coefficient (Wildman–Crippen LogP) is 1.25. The lowest BCUT2D eigenvalue weighted by Crippen LogP contribution is -2.33. The molecule has 0 aliphatic carbocycles. The Bertz CT molecular complexity index is 332. The molecule has 0 amide bonds. The number of aromatic nitrogens is 2. The molecule has 0 radical (unpaired) electrons. The van der Waals surface area contributed by atoms with Gasteiger partial charge in [-0.3, -0.25) is 4.79 Å². The van der Waals surface area contributed by atoms with E-state index in [1.165, 1.54) is 0 Å². The maximum absolute atomic E-state index is 11.4. The summed E-state index contributed by atoms with van der Waals surface area (Å²) >= 11 is 0. The van der Waals surface area contributed by atoms with Crippen LogP contribution in [0.25, 0.3) is 0 Å². The van der Waals surface area contributed by atoms with Crippen LogP contribution in [0.4, 0.5) is 5.82 Å². The van der Waals surface area contributed by atoms with Crippen molar-refractivity contribution in [3.63, 3.8) is 0 Å². The summed E-state index contributed by atoms with van der Waals surface area (Å²) in [4.78, 5) is 20.1. The molecule has 0 saturated heterocycles. The first kappa shape index (κ1) is 10.8. The van der Waals surface area contributed by atoms with E-state index in [-0.39, 0.29) is 5.56 Å². The van der Waals surface area contributed by atoms with Crippen LogP contribution in [0.5, 0.6) is 0 Å². The zero-order valence-electron chi connectivity index (χ0n) is 8.95. The van der Waals surface area contributed by atoms with E-state index in [0.29, 0.717) is 11.7 Å². The summed E-state index contributed by atoms with van der Waals surface area (Å²) < 4.78 is 0. The van der Waals surface area contributed by atoms with Gasteiger partial charge in [0, 0.05) is 25.5 Å². The minimum absolute atomic E-state index is 0.116. The molecular formula is C10H17N3O. The second-order valence-corrected chi connectivity index (χ2v) is 3.67. The molecule has 0 unspecified atom stereocenters. The van der Waals surface area contributed by atoms with Gasteiger partial charge in [-0.15, -0.1) is 0 Å². The zero-order chi connectivity index (χ0) is 10.6. The summed E-state index contributed by atoms with van der Waals surface area (Å²) in [6.45, 7) is 7.94. The lowest BCUT2D eigenvalue weighted by Gasteiger charge is -2.22. The zero-order valence-corrected chi connectivity index (χ0v) is 8.95. The van der Waals surface area contributed by atoms with Crippen molar-refractivity contribution in [3.8, 4) is 0 Å². The molecule has 14 heavy (non-hydrogen) atoms. The van der Waals surface area contributed by atoms with Gasteiger partial charge in [0.25, 0.3) is 5.56 Å². The SMILES string of the molecule is CCN(CC(C)C)c1ncc[nH]c1=O. The highest BCUT2D eigenvalue weighted by Gasteiger charge is 2.10. The third-order valence-corrected chi connectivity index (χ3v) is 1.96. The number of hydrogen-bond donors (Lipinski definition) is 1. The van der Waals surface area contributed by atoms with Gasteiger partial charge in [-0.1, -0.05) is 13.8 Å². The second kappa shape index (κ2) is 4.79. The van der Waals surface area contributed by atoms with E-state index in [0.717, 1.165) is 13.1 Å². The van der Waals surface area contributed by atoms with Gasteiger partial charge in [0.05, 0.1) is 0 Å². The summed E-state index contributed by atoms with van der Waals surface area (Å²) in [7, 11) is 0. The number of hydrogen-bond acceptors (Lipinski definition) is 3. The smallest absolute Gasteiger partial charge is 0.290 e. The van der Waals surface area contributed by atoms with Crippen molar-refractivity contribution in [1.82, 2.24) is 9.97 Å². The Hall–Kier alpha value is -1.32. The summed E-state index contributed by atoms with van der Waals surface area (Å²) in [5.41, 5.74) is -0.116. The van der Waals surface area contributed by atoms with E-state index in [1.807, 2.05) is 11.8 Å². The molecule has 1 aromatic rings. The average molecular weight is 195 g/mol. The Kier molecular flexibility index (Phi) is 3.68. The molecule has 0 fully saturated rings. The van der Waals surface area contributed by atoms with Crippen molar-refractivity contribution in [3.05, 3.63) is 22.7 Å². The Morgan fingerprint density at radius 2 is 2.29 bits per heavy atom. The maximum atomic E-state index is 11.4. The Morgan fingerprint density at radius 1 is 1.57 bits per heavy atom. The molecule has 4 nitrogen and oxygen atoms in total. The van der Waals surface area contributed by atoms with Crippen molar-refractivity contribution in [2.45, 2.75) is 20.8 Å². The van der Waals surface area contributed by atoms with Crippen LogP contribution in [0.2, 0.25) is 0 Å². The number of H-pyrrole nitrogens is 1. The molecule has 4 heteroatoms. The van der Waals surface area contributed by atoms with Crippen molar-refractivity contribution in [2.75, 3.05) is 18.0 Å². The highest BCUT2D eigenvalue weighted by molar-refractivity contribution is 5.34. The molecule has 1 heterocycles. The first-order valence-electron chi connectivity index (χ1n) is 4.93. The van der Waals surface area contributed by atoms with Crippen LogP contribution in [0, 0.1) is 5.92 Å². The van der Waals surface area contributed by atoms with Gasteiger partial charge in [-0.25, -0.2) is 4.98 Å². The molecule has 0 spiro atoms. The molecule has 1 rings (SSSR count). The summed E-state index contributed by atoms with van der Waals surface area (Å²) in [6.07, 6.45) is 3.16. The van der Waals surface area contributed by atoms with Crippen LogP contribution in [0.1, 0.15) is 20.8 Å². The monoisotopic (exact) mass is 195 g/mol. The normalized spacial score (nSPS) is 10.6. The first-order valence-corrected chi connectivity index (χ1v) is 4.93. The molecule has 0 aliphatic rings. The third kappa shape index (κ3) is 2.58. The summed E-state index contributed by atoms with van der Waals surface area (Å²) in [5, 5.41) is 0. The van der Waals surface area contributed by atoms with Gasteiger partial charge in [-0.2, -0.15) is 0 Å². The van der Waals surface area contributed by atoms with Crippen molar-refractivity contribution in [2.24, 2.45) is 5.92 Å². The highest BCUT2D eigenvalue weighted by Crippen LogP contribution is 2.05. The Labute approximate surface area is 84.0 Å². The topological polar surface area (TPSA) is 49.0 Å². The molecule has 1 N–H and O–H groups in total. The second-order valence-electron chi connectivity index (χ2n) is 3.67. The number of nitrogens with zero attached hydrogens (tertiary/aromatic N) is 2. The Morgan fingerprint density at radius 3 is 2.79 bits per heavy atom. The molecular weight excluding hydrogens is 178 g/mol. The molecule has 0 saturated carbocycles. The van der Waals surface area contributed by atoms with E-state index < -0.39 is 0 Å². The van der Waals surface area contributed by atoms with Gasteiger partial charge in [0.15, 0.2) is 5.82 Å². The van der Waals surface area contributed by atoms with Gasteiger partial charge in [0.2, 0.25) is 0 Å². The number of anilines is 1. The number of rotatable bonds is 4. The van der Waals surface area contributed by atoms with Gasteiger partial charge < -0.3 is 9.88 Å². The largest absolute Gasteiger partial charge is 0.352 e. The third-order valence-electron chi connectivity index (χ3n) is 1.96. The van der Waals surface area contributed by atoms with Crippen LogP contribution < -0.4 is 10.5 Å². The van der Waals surface area contributed by atoms with E-state index in [1.54, 1.807) is 12.4 Å². The molecule has 0 bridgehead atoms. The van der Waals surface area contributed by atoms with Crippen molar-refractivity contribution in [1.29, 1.82) is 0 Å². The van der Waals surface area contributed by atoms with Crippen LogP contribution in [0.3, 0.4) is 0 Å². The summed E-state index contributed by atoms with van der Waals surface area (Å²) in [6, 6.07) is 0. The minimum atomic E-state index is -0.116. The molecule has 0 atom stereocenters. The number of aromatic amines is 1. The van der Waals surface area contributed by atoms with Crippen LogP contribution >= 0.6 is 0 Å². The molecule has 1 aromatic heterocycles. The van der Waals surface area contributed by atoms with Gasteiger partial charge in [0.1, 0.15) is 0 Å². The minimum Gasteiger partial charge on any atom is -0.352 e. The van der Waals surface area contributed by atoms with Gasteiger partial charge >= 0.3 is 0 Å². The van der Waals surface area contributed by atoms with Crippen molar-refractivity contribution >= 4 is 5.82 Å². The van der Waals surface area contributed by atoms with Crippen LogP contribution in [-0.4, -0.2) is 23.1 Å². The number of nitrogens with one attached hydrogen (secondary N) is 1. The van der Waals surface area contributed by atoms with E-state index in [4.69, 9.17) is 0 Å². The van der Waals surface area contributed by atoms with Crippen molar-refractivity contribution < 1.29 is 0 Å². The fourth-order valence-electron chi connectivity index (χ4n) is 1.38. The van der Waals surface area contributed by atoms with E-state index >= 15 is 0 Å². The quantitative estimate of drug-likeness (QED) is 0.786. The average Bonchev–Trinajstić information content (AvgIpc) is 2.15. The van der Waals surface area contributed by atoms with Crippen LogP contribution in [-0.2, 0) is 0 Å². The standard InChI is InChI=1S/C10H17N3O/c1-4-13(7-8(2)3)9-10(14)12-6-5-11-9/h5-6,8H,4,7H2,1-3H3,(H,12,14). The molecule has 0 aromatic carbocycles.